The molecular weight excluding hydrogens is 254 g/mol. The number of nitro groups is 1. The molecule has 98 valence electrons. The summed E-state index contributed by atoms with van der Waals surface area (Å²) in [5.74, 6) is -0.332. The Morgan fingerprint density at radius 3 is 2.50 bits per heavy atom. The number of benzene rings is 1. The lowest BCUT2D eigenvalue weighted by molar-refractivity contribution is -0.385. The van der Waals surface area contributed by atoms with Crippen LogP contribution in [0.1, 0.15) is 31.1 Å². The molecule has 0 aliphatic heterocycles. The molecule has 0 saturated heterocycles. The zero-order chi connectivity index (χ0) is 13.9. The Morgan fingerprint density at radius 2 is 2.06 bits per heavy atom. The fourth-order valence-electron chi connectivity index (χ4n) is 1.35. The van der Waals surface area contributed by atoms with Gasteiger partial charge in [0.2, 0.25) is 0 Å². The van der Waals surface area contributed by atoms with Crippen LogP contribution in [0.15, 0.2) is 23.1 Å². The summed E-state index contributed by atoms with van der Waals surface area (Å²) in [6.45, 7) is 4.80. The monoisotopic (exact) mass is 269 g/mol. The SMILES string of the molecule is CC(=O)c1ccc(SC(C)C(C)O)cc1[N+](=O)[O-]. The molecule has 1 aromatic rings. The van der Waals surface area contributed by atoms with Gasteiger partial charge in [0, 0.05) is 16.2 Å². The lowest BCUT2D eigenvalue weighted by Gasteiger charge is -2.14. The number of nitro benzene ring substituents is 1. The summed E-state index contributed by atoms with van der Waals surface area (Å²) in [5, 5.41) is 20.2. The molecule has 0 fully saturated rings. The summed E-state index contributed by atoms with van der Waals surface area (Å²) in [7, 11) is 0. The Labute approximate surface area is 109 Å². The second-order valence-corrected chi connectivity index (χ2v) is 5.51. The summed E-state index contributed by atoms with van der Waals surface area (Å²) in [6, 6.07) is 4.49. The number of hydrogen-bond acceptors (Lipinski definition) is 5. The van der Waals surface area contributed by atoms with Crippen molar-refractivity contribution in [3.05, 3.63) is 33.9 Å². The minimum absolute atomic E-state index is 0.0761. The van der Waals surface area contributed by atoms with Crippen molar-refractivity contribution in [2.24, 2.45) is 0 Å². The molecule has 0 radical (unpaired) electrons. The van der Waals surface area contributed by atoms with E-state index in [2.05, 4.69) is 0 Å². The Morgan fingerprint density at radius 1 is 1.44 bits per heavy atom. The van der Waals surface area contributed by atoms with Crippen LogP contribution in [0.4, 0.5) is 5.69 Å². The van der Waals surface area contributed by atoms with Gasteiger partial charge in [-0.15, -0.1) is 11.8 Å². The third-order valence-corrected chi connectivity index (χ3v) is 3.84. The third kappa shape index (κ3) is 3.54. The van der Waals surface area contributed by atoms with Crippen LogP contribution in [0.5, 0.6) is 0 Å². The highest BCUT2D eigenvalue weighted by atomic mass is 32.2. The molecule has 1 N–H and O–H groups in total. The number of hydrogen-bond donors (Lipinski definition) is 1. The van der Waals surface area contributed by atoms with Crippen molar-refractivity contribution >= 4 is 23.2 Å². The van der Waals surface area contributed by atoms with Gasteiger partial charge >= 0.3 is 0 Å². The normalized spacial score (nSPS) is 14.0. The molecule has 0 bridgehead atoms. The molecule has 6 heteroatoms. The number of aliphatic hydroxyl groups excluding tert-OH is 1. The predicted octanol–water partition coefficient (Wildman–Crippen LogP) is 2.66. The molecular formula is C12H15NO4S. The van der Waals surface area contributed by atoms with E-state index in [1.807, 2.05) is 6.92 Å². The molecule has 0 spiro atoms. The lowest BCUT2D eigenvalue weighted by Crippen LogP contribution is -2.14. The number of nitrogens with zero attached hydrogens (tertiary/aromatic N) is 1. The maximum Gasteiger partial charge on any atom is 0.281 e. The molecule has 0 aliphatic carbocycles. The van der Waals surface area contributed by atoms with Gasteiger partial charge in [0.15, 0.2) is 5.78 Å². The van der Waals surface area contributed by atoms with E-state index in [1.165, 1.54) is 30.8 Å². The maximum absolute atomic E-state index is 11.3. The smallest absolute Gasteiger partial charge is 0.281 e. The third-order valence-electron chi connectivity index (χ3n) is 2.55. The minimum Gasteiger partial charge on any atom is -0.392 e. The summed E-state index contributed by atoms with van der Waals surface area (Å²) < 4.78 is 0. The number of ketones is 1. The Kier molecular flexibility index (Phi) is 4.86. The van der Waals surface area contributed by atoms with E-state index in [-0.39, 0.29) is 22.3 Å². The largest absolute Gasteiger partial charge is 0.392 e. The average molecular weight is 269 g/mol. The fraction of sp³-hybridized carbons (Fsp3) is 0.417. The first-order valence-electron chi connectivity index (χ1n) is 5.47. The summed E-state index contributed by atoms with van der Waals surface area (Å²) >= 11 is 1.34. The van der Waals surface area contributed by atoms with E-state index in [0.717, 1.165) is 0 Å². The van der Waals surface area contributed by atoms with Crippen LogP contribution in [0.3, 0.4) is 0 Å². The van der Waals surface area contributed by atoms with E-state index in [9.17, 15) is 20.0 Å². The van der Waals surface area contributed by atoms with Crippen LogP contribution < -0.4 is 0 Å². The van der Waals surface area contributed by atoms with Crippen molar-refractivity contribution in [1.29, 1.82) is 0 Å². The first-order valence-corrected chi connectivity index (χ1v) is 6.35. The van der Waals surface area contributed by atoms with E-state index < -0.39 is 11.0 Å². The van der Waals surface area contributed by atoms with Crippen molar-refractivity contribution in [1.82, 2.24) is 0 Å². The Bertz CT molecular complexity index is 473. The van der Waals surface area contributed by atoms with Gasteiger partial charge in [-0.2, -0.15) is 0 Å². The van der Waals surface area contributed by atoms with E-state index in [4.69, 9.17) is 0 Å². The highest BCUT2D eigenvalue weighted by Crippen LogP contribution is 2.30. The van der Waals surface area contributed by atoms with Crippen molar-refractivity contribution in [3.8, 4) is 0 Å². The first-order chi connectivity index (χ1) is 8.32. The van der Waals surface area contributed by atoms with Crippen molar-refractivity contribution in [2.45, 2.75) is 37.0 Å². The first kappa shape index (κ1) is 14.7. The predicted molar refractivity (Wildman–Crippen MR) is 70.1 cm³/mol. The van der Waals surface area contributed by atoms with Crippen LogP contribution >= 0.6 is 11.8 Å². The number of carbonyl (C=O) groups excluding carboxylic acids is 1. The minimum atomic E-state index is -0.562. The number of Topliss-reactive ketones (excluding diaryl/α,β-unsaturated/α-hetero) is 1. The van der Waals surface area contributed by atoms with Gasteiger partial charge in [0.05, 0.1) is 16.6 Å². The molecule has 1 rings (SSSR count). The van der Waals surface area contributed by atoms with Crippen LogP contribution in [0.25, 0.3) is 0 Å². The van der Waals surface area contributed by atoms with Gasteiger partial charge < -0.3 is 5.11 Å². The quantitative estimate of drug-likeness (QED) is 0.384. The summed E-state index contributed by atoms with van der Waals surface area (Å²) in [4.78, 5) is 22.3. The van der Waals surface area contributed by atoms with Crippen molar-refractivity contribution in [3.63, 3.8) is 0 Å². The maximum atomic E-state index is 11.3. The molecule has 5 nitrogen and oxygen atoms in total. The van der Waals surface area contributed by atoms with Gasteiger partial charge in [0.25, 0.3) is 5.69 Å². The summed E-state index contributed by atoms with van der Waals surface area (Å²) in [5.41, 5.74) is -0.0839. The number of aliphatic hydroxyl groups is 1. The lowest BCUT2D eigenvalue weighted by atomic mass is 10.1. The van der Waals surface area contributed by atoms with Crippen LogP contribution in [0.2, 0.25) is 0 Å². The second kappa shape index (κ2) is 5.97. The van der Waals surface area contributed by atoms with E-state index in [0.29, 0.717) is 4.90 Å². The van der Waals surface area contributed by atoms with Gasteiger partial charge in [-0.25, -0.2) is 0 Å². The molecule has 0 aromatic heterocycles. The number of rotatable bonds is 5. The molecule has 1 aromatic carbocycles. The average Bonchev–Trinajstić information content (AvgIpc) is 2.28. The molecule has 2 atom stereocenters. The number of thioether (sulfide) groups is 1. The Hall–Kier alpha value is -1.40. The van der Waals surface area contributed by atoms with Crippen LogP contribution in [-0.2, 0) is 0 Å². The molecule has 0 saturated carbocycles. The molecule has 2 unspecified atom stereocenters. The van der Waals surface area contributed by atoms with Gasteiger partial charge in [-0.05, 0) is 26.0 Å². The van der Waals surface area contributed by atoms with E-state index >= 15 is 0 Å². The van der Waals surface area contributed by atoms with Crippen LogP contribution in [0, 0.1) is 10.1 Å². The highest BCUT2D eigenvalue weighted by Gasteiger charge is 2.19. The zero-order valence-electron chi connectivity index (χ0n) is 10.4. The van der Waals surface area contributed by atoms with E-state index in [1.54, 1.807) is 13.0 Å². The summed E-state index contributed by atoms with van der Waals surface area (Å²) in [6.07, 6.45) is -0.512. The molecule has 18 heavy (non-hydrogen) atoms. The highest BCUT2D eigenvalue weighted by molar-refractivity contribution is 8.00. The second-order valence-electron chi connectivity index (χ2n) is 4.06. The van der Waals surface area contributed by atoms with Gasteiger partial charge in [-0.1, -0.05) is 6.92 Å². The van der Waals surface area contributed by atoms with Crippen molar-refractivity contribution in [2.75, 3.05) is 0 Å². The Balaban J connectivity index is 3.08. The number of carbonyl (C=O) groups is 1. The van der Waals surface area contributed by atoms with Gasteiger partial charge in [-0.3, -0.25) is 14.9 Å². The van der Waals surface area contributed by atoms with Crippen LogP contribution in [-0.4, -0.2) is 27.2 Å². The topological polar surface area (TPSA) is 80.4 Å². The fourth-order valence-corrected chi connectivity index (χ4v) is 2.30. The molecule has 0 amide bonds. The standard InChI is InChI=1S/C12H15NO4S/c1-7(14)9(3)18-10-4-5-11(8(2)15)12(6-10)13(16)17/h4-7,9,14H,1-3H3. The van der Waals surface area contributed by atoms with Crippen molar-refractivity contribution < 1.29 is 14.8 Å². The molecule has 0 aliphatic rings. The zero-order valence-corrected chi connectivity index (χ0v) is 11.2. The molecule has 0 heterocycles. The van der Waals surface area contributed by atoms with Gasteiger partial charge in [0.1, 0.15) is 0 Å².